The molecule has 0 N–H and O–H groups in total. The number of aromatic nitrogens is 4. The predicted octanol–water partition coefficient (Wildman–Crippen LogP) is 3.74. The Bertz CT molecular complexity index is 956. The van der Waals surface area contributed by atoms with Crippen LogP contribution in [0.15, 0.2) is 54.6 Å². The average molecular weight is 421 g/mol. The largest absolute Gasteiger partial charge is 0.494 e. The zero-order valence-electron chi connectivity index (χ0n) is 18.9. The molecule has 7 heteroatoms. The van der Waals surface area contributed by atoms with E-state index in [1.54, 1.807) is 0 Å². The van der Waals surface area contributed by atoms with Gasteiger partial charge in [-0.15, -0.1) is 5.10 Å². The fourth-order valence-corrected chi connectivity index (χ4v) is 4.16. The molecule has 1 aliphatic rings. The first-order valence-corrected chi connectivity index (χ1v) is 11.0. The van der Waals surface area contributed by atoms with Gasteiger partial charge in [-0.2, -0.15) is 0 Å². The minimum Gasteiger partial charge on any atom is -0.494 e. The van der Waals surface area contributed by atoms with Crippen molar-refractivity contribution in [2.75, 3.05) is 37.7 Å². The molecule has 0 aliphatic carbocycles. The van der Waals surface area contributed by atoms with Crippen LogP contribution in [0, 0.1) is 0 Å². The highest BCUT2D eigenvalue weighted by Gasteiger charge is 2.33. The average Bonchev–Trinajstić information content (AvgIpc) is 3.27. The maximum atomic E-state index is 5.65. The number of piperazine rings is 1. The van der Waals surface area contributed by atoms with Gasteiger partial charge in [0.05, 0.1) is 18.2 Å². The van der Waals surface area contributed by atoms with E-state index in [9.17, 15) is 0 Å². The third-order valence-electron chi connectivity index (χ3n) is 5.68. The van der Waals surface area contributed by atoms with Crippen LogP contribution >= 0.6 is 0 Å². The molecule has 7 nitrogen and oxygen atoms in total. The van der Waals surface area contributed by atoms with Crippen molar-refractivity contribution in [2.45, 2.75) is 39.3 Å². The first-order valence-electron chi connectivity index (χ1n) is 11.0. The quantitative estimate of drug-likeness (QED) is 0.606. The maximum Gasteiger partial charge on any atom is 0.173 e. The van der Waals surface area contributed by atoms with Crippen LogP contribution in [-0.4, -0.2) is 57.9 Å². The van der Waals surface area contributed by atoms with Crippen molar-refractivity contribution in [1.29, 1.82) is 0 Å². The van der Waals surface area contributed by atoms with Gasteiger partial charge in [0.25, 0.3) is 0 Å². The highest BCUT2D eigenvalue weighted by Crippen LogP contribution is 2.32. The molecule has 164 valence electrons. The van der Waals surface area contributed by atoms with Gasteiger partial charge in [-0.1, -0.05) is 30.3 Å². The lowest BCUT2D eigenvalue weighted by atomic mass is 10.0. The Morgan fingerprint density at radius 1 is 0.935 bits per heavy atom. The Hall–Kier alpha value is -2.93. The number of nitrogens with zero attached hydrogens (tertiary/aromatic N) is 6. The molecule has 1 aromatic heterocycles. The fourth-order valence-electron chi connectivity index (χ4n) is 4.16. The molecular weight excluding hydrogens is 388 g/mol. The molecule has 0 amide bonds. The number of anilines is 1. The monoisotopic (exact) mass is 420 g/mol. The van der Waals surface area contributed by atoms with Gasteiger partial charge in [-0.3, -0.25) is 4.90 Å². The summed E-state index contributed by atoms with van der Waals surface area (Å²) in [7, 11) is 0. The second-order valence-electron chi connectivity index (χ2n) is 8.88. The third-order valence-corrected chi connectivity index (χ3v) is 5.68. The minimum atomic E-state index is -0.200. The Labute approximate surface area is 184 Å². The molecular formula is C24H32N6O. The molecule has 2 heterocycles. The number of hydrogen-bond donors (Lipinski definition) is 0. The van der Waals surface area contributed by atoms with Crippen molar-refractivity contribution < 1.29 is 4.74 Å². The summed E-state index contributed by atoms with van der Waals surface area (Å²) in [6.07, 6.45) is 0. The van der Waals surface area contributed by atoms with Gasteiger partial charge in [-0.25, -0.2) is 4.68 Å². The van der Waals surface area contributed by atoms with Gasteiger partial charge in [-0.05, 0) is 68.0 Å². The van der Waals surface area contributed by atoms with E-state index in [4.69, 9.17) is 4.74 Å². The summed E-state index contributed by atoms with van der Waals surface area (Å²) in [6.45, 7) is 12.9. The van der Waals surface area contributed by atoms with Gasteiger partial charge in [0.15, 0.2) is 5.82 Å². The van der Waals surface area contributed by atoms with E-state index in [2.05, 4.69) is 88.6 Å². The Morgan fingerprint density at radius 3 is 2.23 bits per heavy atom. The molecule has 2 aromatic carbocycles. The minimum absolute atomic E-state index is 0.0113. The Balaban J connectivity index is 1.63. The van der Waals surface area contributed by atoms with Crippen LogP contribution in [0.25, 0.3) is 0 Å². The highest BCUT2D eigenvalue weighted by atomic mass is 16.5. The summed E-state index contributed by atoms with van der Waals surface area (Å²) in [5, 5.41) is 12.9. The van der Waals surface area contributed by atoms with Crippen molar-refractivity contribution in [3.63, 3.8) is 0 Å². The number of ether oxygens (including phenoxy) is 1. The molecule has 31 heavy (non-hydrogen) atoms. The van der Waals surface area contributed by atoms with Crippen molar-refractivity contribution in [3.05, 3.63) is 66.0 Å². The molecule has 1 atom stereocenters. The summed E-state index contributed by atoms with van der Waals surface area (Å²) in [5.74, 6) is 1.76. The van der Waals surface area contributed by atoms with Crippen LogP contribution in [0.1, 0.15) is 45.1 Å². The predicted molar refractivity (Wildman–Crippen MR) is 122 cm³/mol. The normalized spacial score (nSPS) is 16.3. The van der Waals surface area contributed by atoms with E-state index < -0.39 is 0 Å². The number of tetrazole rings is 1. The zero-order valence-corrected chi connectivity index (χ0v) is 18.9. The molecule has 0 radical (unpaired) electrons. The van der Waals surface area contributed by atoms with E-state index in [1.807, 2.05) is 23.7 Å². The molecule has 0 unspecified atom stereocenters. The van der Waals surface area contributed by atoms with E-state index in [1.165, 1.54) is 11.3 Å². The smallest absolute Gasteiger partial charge is 0.173 e. The van der Waals surface area contributed by atoms with Crippen LogP contribution in [0.2, 0.25) is 0 Å². The Kier molecular flexibility index (Phi) is 6.23. The SMILES string of the molecule is CCOc1ccc([C@H](c2nnnn2C(C)(C)C)N2CCN(c3ccccc3)CC2)cc1. The number of hydrogen-bond acceptors (Lipinski definition) is 6. The molecule has 3 aromatic rings. The molecule has 0 saturated carbocycles. The van der Waals surface area contributed by atoms with Crippen molar-refractivity contribution in [2.24, 2.45) is 0 Å². The van der Waals surface area contributed by atoms with E-state index in [0.717, 1.165) is 37.8 Å². The fraction of sp³-hybridized carbons (Fsp3) is 0.458. The standard InChI is InChI=1S/C24H32N6O/c1-5-31-21-13-11-19(12-14-21)22(23-25-26-27-30(23)24(2,3)4)29-17-15-28(16-18-29)20-9-7-6-8-10-20/h6-14,22H,5,15-18H2,1-4H3/t22-/m1/s1. The maximum absolute atomic E-state index is 5.65. The molecule has 1 fully saturated rings. The lowest BCUT2D eigenvalue weighted by molar-refractivity contribution is 0.191. The van der Waals surface area contributed by atoms with Crippen molar-refractivity contribution >= 4 is 5.69 Å². The van der Waals surface area contributed by atoms with Crippen LogP contribution in [0.4, 0.5) is 5.69 Å². The first kappa shape index (κ1) is 21.3. The number of para-hydroxylation sites is 1. The van der Waals surface area contributed by atoms with E-state index in [-0.39, 0.29) is 11.6 Å². The highest BCUT2D eigenvalue weighted by molar-refractivity contribution is 5.46. The first-order chi connectivity index (χ1) is 15.0. The van der Waals surface area contributed by atoms with Gasteiger partial charge in [0, 0.05) is 31.9 Å². The third kappa shape index (κ3) is 4.71. The van der Waals surface area contributed by atoms with Gasteiger partial charge in [0.1, 0.15) is 5.75 Å². The van der Waals surface area contributed by atoms with Crippen LogP contribution in [0.5, 0.6) is 5.75 Å². The summed E-state index contributed by atoms with van der Waals surface area (Å²) >= 11 is 0. The molecule has 4 rings (SSSR count). The van der Waals surface area contributed by atoms with Gasteiger partial charge in [0.2, 0.25) is 0 Å². The van der Waals surface area contributed by atoms with E-state index >= 15 is 0 Å². The molecule has 0 bridgehead atoms. The van der Waals surface area contributed by atoms with Gasteiger partial charge >= 0.3 is 0 Å². The zero-order chi connectivity index (χ0) is 21.8. The topological polar surface area (TPSA) is 59.3 Å². The van der Waals surface area contributed by atoms with Crippen LogP contribution in [-0.2, 0) is 5.54 Å². The summed E-state index contributed by atoms with van der Waals surface area (Å²) < 4.78 is 7.61. The number of rotatable bonds is 6. The lowest BCUT2D eigenvalue weighted by Crippen LogP contribution is -2.48. The Morgan fingerprint density at radius 2 is 1.61 bits per heavy atom. The molecule has 1 aliphatic heterocycles. The lowest BCUT2D eigenvalue weighted by Gasteiger charge is -2.40. The van der Waals surface area contributed by atoms with E-state index in [0.29, 0.717) is 6.61 Å². The summed E-state index contributed by atoms with van der Waals surface area (Å²) in [6, 6.07) is 19.0. The van der Waals surface area contributed by atoms with Gasteiger partial charge < -0.3 is 9.64 Å². The van der Waals surface area contributed by atoms with Crippen LogP contribution in [0.3, 0.4) is 0 Å². The second-order valence-corrected chi connectivity index (χ2v) is 8.88. The van der Waals surface area contributed by atoms with Crippen LogP contribution < -0.4 is 9.64 Å². The molecule has 0 spiro atoms. The summed E-state index contributed by atoms with van der Waals surface area (Å²) in [4.78, 5) is 4.93. The second kappa shape index (κ2) is 9.06. The van der Waals surface area contributed by atoms with Crippen molar-refractivity contribution in [1.82, 2.24) is 25.1 Å². The number of benzene rings is 2. The summed E-state index contributed by atoms with van der Waals surface area (Å²) in [5.41, 5.74) is 2.25. The molecule has 1 saturated heterocycles. The van der Waals surface area contributed by atoms with Crippen molar-refractivity contribution in [3.8, 4) is 5.75 Å².